The Morgan fingerprint density at radius 1 is 0.970 bits per heavy atom. The first-order valence-corrected chi connectivity index (χ1v) is 14.3. The molecule has 9 atom stereocenters. The maximum absolute atomic E-state index is 12.3. The Bertz CT molecular complexity index is 695. The Hall–Kier alpha value is -0.570. The third-order valence-electron chi connectivity index (χ3n) is 11.0. The summed E-state index contributed by atoms with van der Waals surface area (Å²) in [5.41, 5.74) is 0.637. The van der Waals surface area contributed by atoms with Crippen LogP contribution in [0, 0.1) is 46.3 Å². The number of carbonyl (C=O) groups is 1. The van der Waals surface area contributed by atoms with Crippen LogP contribution in [-0.2, 0) is 14.3 Å². The third kappa shape index (κ3) is 4.91. The second kappa shape index (κ2) is 9.47. The van der Waals surface area contributed by atoms with Crippen molar-refractivity contribution >= 4 is 5.97 Å². The molecule has 0 bridgehead atoms. The number of ether oxygens (including phenoxy) is 2. The Balaban J connectivity index is 1.40. The largest absolute Gasteiger partial charge is 0.460 e. The van der Waals surface area contributed by atoms with Gasteiger partial charge in [0.1, 0.15) is 5.60 Å². The van der Waals surface area contributed by atoms with Crippen molar-refractivity contribution in [3.63, 3.8) is 0 Å². The first-order chi connectivity index (χ1) is 15.5. The van der Waals surface area contributed by atoms with Gasteiger partial charge in [0.25, 0.3) is 0 Å². The van der Waals surface area contributed by atoms with Gasteiger partial charge in [0.2, 0.25) is 0 Å². The minimum atomic E-state index is -0.375. The van der Waals surface area contributed by atoms with Gasteiger partial charge < -0.3 is 9.47 Å². The SMILES string of the molecule is CCOC1CCC2(C)C(CCC3C2CCC2(C)C(C(C)CCC(=O)OC(C)(C)C)CCC32)C1. The maximum Gasteiger partial charge on any atom is 0.306 e. The van der Waals surface area contributed by atoms with Crippen molar-refractivity contribution in [3.8, 4) is 0 Å². The van der Waals surface area contributed by atoms with Crippen molar-refractivity contribution in [2.75, 3.05) is 6.61 Å². The highest BCUT2D eigenvalue weighted by Gasteiger charge is 2.60. The van der Waals surface area contributed by atoms with E-state index in [2.05, 4.69) is 27.7 Å². The van der Waals surface area contributed by atoms with Crippen LogP contribution >= 0.6 is 0 Å². The Kier molecular flexibility index (Phi) is 7.33. The van der Waals surface area contributed by atoms with Crippen LogP contribution in [0.3, 0.4) is 0 Å². The summed E-state index contributed by atoms with van der Waals surface area (Å²) in [6, 6.07) is 0. The van der Waals surface area contributed by atoms with E-state index in [0.29, 0.717) is 29.3 Å². The lowest BCUT2D eigenvalue weighted by atomic mass is 9.44. The number of carbonyl (C=O) groups excluding carboxylic acids is 1. The normalized spacial score (nSPS) is 43.8. The van der Waals surface area contributed by atoms with Gasteiger partial charge >= 0.3 is 5.97 Å². The Morgan fingerprint density at radius 2 is 1.67 bits per heavy atom. The lowest BCUT2D eigenvalue weighted by Crippen LogP contribution is -2.54. The monoisotopic (exact) mass is 460 g/mol. The zero-order valence-electron chi connectivity index (χ0n) is 22.8. The van der Waals surface area contributed by atoms with Crippen molar-refractivity contribution in [2.45, 2.75) is 131 Å². The second-order valence-electron chi connectivity index (χ2n) is 13.8. The minimum Gasteiger partial charge on any atom is -0.460 e. The van der Waals surface area contributed by atoms with Crippen LogP contribution in [-0.4, -0.2) is 24.3 Å². The van der Waals surface area contributed by atoms with Gasteiger partial charge in [-0.1, -0.05) is 20.8 Å². The average Bonchev–Trinajstić information content (AvgIpc) is 3.08. The minimum absolute atomic E-state index is 0.0216. The molecule has 0 N–H and O–H groups in total. The number of fused-ring (bicyclic) bond motifs is 5. The summed E-state index contributed by atoms with van der Waals surface area (Å²) in [6.07, 6.45) is 14.5. The average molecular weight is 461 g/mol. The molecular formula is C30H52O3. The highest BCUT2D eigenvalue weighted by atomic mass is 16.6. The molecule has 4 aliphatic rings. The van der Waals surface area contributed by atoms with Crippen molar-refractivity contribution in [1.82, 2.24) is 0 Å². The summed E-state index contributed by atoms with van der Waals surface area (Å²) >= 11 is 0. The van der Waals surface area contributed by atoms with Gasteiger partial charge in [-0.15, -0.1) is 0 Å². The van der Waals surface area contributed by atoms with Gasteiger partial charge in [-0.2, -0.15) is 0 Å². The maximum atomic E-state index is 12.3. The van der Waals surface area contributed by atoms with Gasteiger partial charge in [0.05, 0.1) is 6.10 Å². The number of hydrogen-bond acceptors (Lipinski definition) is 3. The van der Waals surface area contributed by atoms with Crippen LogP contribution in [0.15, 0.2) is 0 Å². The summed E-state index contributed by atoms with van der Waals surface area (Å²) in [6.45, 7) is 16.6. The lowest BCUT2D eigenvalue weighted by Gasteiger charge is -2.61. The molecule has 0 aromatic carbocycles. The van der Waals surface area contributed by atoms with E-state index in [4.69, 9.17) is 9.47 Å². The van der Waals surface area contributed by atoms with Crippen LogP contribution in [0.2, 0.25) is 0 Å². The van der Waals surface area contributed by atoms with E-state index in [0.717, 1.165) is 42.6 Å². The third-order valence-corrected chi connectivity index (χ3v) is 11.0. The molecule has 9 unspecified atom stereocenters. The summed E-state index contributed by atoms with van der Waals surface area (Å²) in [5, 5.41) is 0. The molecule has 3 heteroatoms. The van der Waals surface area contributed by atoms with Crippen LogP contribution in [0.5, 0.6) is 0 Å². The van der Waals surface area contributed by atoms with Crippen molar-refractivity contribution in [3.05, 3.63) is 0 Å². The quantitative estimate of drug-likeness (QED) is 0.379. The fourth-order valence-electron chi connectivity index (χ4n) is 9.52. The van der Waals surface area contributed by atoms with E-state index >= 15 is 0 Å². The van der Waals surface area contributed by atoms with Crippen molar-refractivity contribution in [2.24, 2.45) is 46.3 Å². The molecule has 0 spiro atoms. The molecule has 4 rings (SSSR count). The Labute approximate surface area is 204 Å². The molecule has 4 aliphatic carbocycles. The molecule has 0 amide bonds. The molecule has 0 radical (unpaired) electrons. The summed E-state index contributed by atoms with van der Waals surface area (Å²) in [4.78, 5) is 12.3. The van der Waals surface area contributed by atoms with E-state index in [1.807, 2.05) is 20.8 Å². The number of esters is 1. The summed E-state index contributed by atoms with van der Waals surface area (Å²) in [7, 11) is 0. The summed E-state index contributed by atoms with van der Waals surface area (Å²) < 4.78 is 11.7. The standard InChI is InChI=1S/C30H52O3/c1-8-32-22-15-17-29(6)21(19-22)10-11-23-25-13-12-24(30(25,7)18-16-26(23)29)20(2)9-14-27(31)33-28(3,4)5/h20-26H,8-19H2,1-7H3. The van der Waals surface area contributed by atoms with Gasteiger partial charge in [0, 0.05) is 13.0 Å². The number of rotatable bonds is 6. The zero-order chi connectivity index (χ0) is 24.0. The van der Waals surface area contributed by atoms with Crippen molar-refractivity contribution < 1.29 is 14.3 Å². The second-order valence-corrected chi connectivity index (χ2v) is 13.8. The van der Waals surface area contributed by atoms with Crippen LogP contribution in [0.1, 0.15) is 119 Å². The van der Waals surface area contributed by atoms with E-state index in [9.17, 15) is 4.79 Å². The van der Waals surface area contributed by atoms with E-state index < -0.39 is 0 Å². The number of hydrogen-bond donors (Lipinski definition) is 0. The predicted octanol–water partition coefficient (Wildman–Crippen LogP) is 7.81. The lowest BCUT2D eigenvalue weighted by molar-refractivity contribution is -0.155. The van der Waals surface area contributed by atoms with Crippen molar-refractivity contribution in [1.29, 1.82) is 0 Å². The molecule has 0 aliphatic heterocycles. The molecule has 190 valence electrons. The van der Waals surface area contributed by atoms with E-state index in [1.54, 1.807) is 0 Å². The molecule has 0 aromatic rings. The van der Waals surface area contributed by atoms with E-state index in [-0.39, 0.29) is 11.6 Å². The van der Waals surface area contributed by atoms with Gasteiger partial charge in [-0.05, 0) is 138 Å². The molecule has 4 fully saturated rings. The highest BCUT2D eigenvalue weighted by Crippen LogP contribution is 2.68. The molecule has 4 saturated carbocycles. The molecule has 33 heavy (non-hydrogen) atoms. The van der Waals surface area contributed by atoms with Gasteiger partial charge in [-0.3, -0.25) is 4.79 Å². The fourth-order valence-corrected chi connectivity index (χ4v) is 9.52. The van der Waals surface area contributed by atoms with Gasteiger partial charge in [-0.25, -0.2) is 0 Å². The van der Waals surface area contributed by atoms with Crippen LogP contribution < -0.4 is 0 Å². The molecule has 0 aromatic heterocycles. The molecule has 0 heterocycles. The summed E-state index contributed by atoms with van der Waals surface area (Å²) in [5.74, 6) is 4.98. The first kappa shape index (κ1) is 25.5. The Morgan fingerprint density at radius 3 is 2.36 bits per heavy atom. The molecular weight excluding hydrogens is 408 g/mol. The highest BCUT2D eigenvalue weighted by molar-refractivity contribution is 5.69. The topological polar surface area (TPSA) is 35.5 Å². The van der Waals surface area contributed by atoms with Gasteiger partial charge in [0.15, 0.2) is 0 Å². The molecule has 0 saturated heterocycles. The van der Waals surface area contributed by atoms with E-state index in [1.165, 1.54) is 57.8 Å². The van der Waals surface area contributed by atoms with Crippen LogP contribution in [0.4, 0.5) is 0 Å². The predicted molar refractivity (Wildman–Crippen MR) is 135 cm³/mol. The first-order valence-electron chi connectivity index (χ1n) is 14.3. The smallest absolute Gasteiger partial charge is 0.306 e. The fraction of sp³-hybridized carbons (Fsp3) is 0.967. The van der Waals surface area contributed by atoms with Crippen LogP contribution in [0.25, 0.3) is 0 Å². The molecule has 3 nitrogen and oxygen atoms in total. The zero-order valence-corrected chi connectivity index (χ0v) is 22.8.